The summed E-state index contributed by atoms with van der Waals surface area (Å²) >= 11 is 4.70. The zero-order valence-corrected chi connectivity index (χ0v) is 28.9. The van der Waals surface area contributed by atoms with E-state index in [1.165, 1.54) is 47.1 Å². The van der Waals surface area contributed by atoms with E-state index >= 15 is 0 Å². The fraction of sp³-hybridized carbons (Fsp3) is 0.0938. The van der Waals surface area contributed by atoms with Gasteiger partial charge in [-0.15, -0.1) is 23.1 Å². The zero-order chi connectivity index (χ0) is 36.2. The number of carboxylic acids is 1. The number of amides is 4. The molecule has 2 aromatic heterocycles. The minimum absolute atomic E-state index is 0.0223. The molecule has 50 heavy (non-hydrogen) atoms. The smallest absolute Gasteiger partial charge is 0.416 e. The van der Waals surface area contributed by atoms with Crippen LogP contribution in [-0.4, -0.2) is 45.6 Å². The van der Waals surface area contributed by atoms with Gasteiger partial charge in [0.05, 0.1) is 46.0 Å². The maximum Gasteiger partial charge on any atom is 0.416 e. The Labute approximate surface area is 302 Å². The topological polar surface area (TPSA) is 169 Å². The van der Waals surface area contributed by atoms with Crippen LogP contribution >= 0.6 is 45.7 Å². The number of hydrogen-bond acceptors (Lipinski definition) is 9. The first-order chi connectivity index (χ1) is 23.8. The van der Waals surface area contributed by atoms with Crippen molar-refractivity contribution < 1.29 is 51.8 Å². The molecule has 4 amide bonds. The molecule has 0 aliphatic carbocycles. The predicted octanol–water partition coefficient (Wildman–Crippen LogP) is 5.24. The number of thiophene rings is 1. The number of furan rings is 1. The summed E-state index contributed by atoms with van der Waals surface area (Å²) in [4.78, 5) is 59.9. The minimum atomic E-state index is -4.58. The second-order valence-corrected chi connectivity index (χ2v) is 13.6. The highest BCUT2D eigenvalue weighted by Crippen LogP contribution is 2.33. The number of hydrogen-bond donors (Lipinski definition) is 4. The number of hydrazine groups is 2. The molecule has 4 heterocycles. The molecular weight excluding hydrogens is 816 g/mol. The Morgan fingerprint density at radius 2 is 1.52 bits per heavy atom. The number of nitrogens with zero attached hydrogens (tertiary/aromatic N) is 2. The van der Waals surface area contributed by atoms with Crippen LogP contribution in [0.3, 0.4) is 0 Å². The summed E-state index contributed by atoms with van der Waals surface area (Å²) < 4.78 is 45.1. The molecule has 0 radical (unpaired) electrons. The number of halogens is 4. The number of alkyl halides is 3. The van der Waals surface area contributed by atoms with Gasteiger partial charge in [0.25, 0.3) is 23.6 Å². The van der Waals surface area contributed by atoms with Crippen molar-refractivity contribution >= 4 is 98.8 Å². The molecule has 0 atom stereocenters. The van der Waals surface area contributed by atoms with Crippen molar-refractivity contribution in [2.45, 2.75) is 17.0 Å². The molecule has 0 bridgehead atoms. The molecule has 2 aliphatic heterocycles. The predicted molar refractivity (Wildman–Crippen MR) is 185 cm³/mol. The number of rotatable bonds is 8. The van der Waals surface area contributed by atoms with Gasteiger partial charge in [-0.2, -0.15) is 13.2 Å². The van der Waals surface area contributed by atoms with Gasteiger partial charge in [-0.05, 0) is 94.2 Å². The van der Waals surface area contributed by atoms with Gasteiger partial charge in [0, 0.05) is 14.7 Å². The highest BCUT2D eigenvalue weighted by molar-refractivity contribution is 14.1. The van der Waals surface area contributed by atoms with Gasteiger partial charge in [0.1, 0.15) is 11.1 Å². The van der Waals surface area contributed by atoms with Crippen LogP contribution in [0.1, 0.15) is 22.3 Å². The lowest BCUT2D eigenvalue weighted by Gasteiger charge is -2.16. The first kappa shape index (κ1) is 36.4. The molecule has 0 unspecified atom stereocenters. The fourth-order valence-electron chi connectivity index (χ4n) is 4.45. The number of aliphatic carboxylic acids is 1. The number of benzene rings is 2. The second kappa shape index (κ2) is 15.3. The quantitative estimate of drug-likeness (QED) is 0.0803. The SMILES string of the molecule is O=C(O)CSc1sccc1C=C1C(=O)NN(c2ccc(I)cc2)C1=O.O=C1NN(c2cccc(C(F)(F)F)c2)C(=O)C1=Cc1cocc1CO. The lowest BCUT2D eigenvalue weighted by molar-refractivity contribution is -0.137. The molecule has 2 fully saturated rings. The second-order valence-electron chi connectivity index (χ2n) is 10.2. The van der Waals surface area contributed by atoms with E-state index in [1.807, 2.05) is 12.1 Å². The number of aliphatic hydroxyl groups excluding tert-OH is 1. The Kier molecular flexibility index (Phi) is 11.1. The lowest BCUT2D eigenvalue weighted by Crippen LogP contribution is -2.35. The first-order valence-electron chi connectivity index (χ1n) is 14.0. The van der Waals surface area contributed by atoms with E-state index in [1.54, 1.807) is 23.6 Å². The van der Waals surface area contributed by atoms with E-state index in [-0.39, 0.29) is 29.2 Å². The summed E-state index contributed by atoms with van der Waals surface area (Å²) in [6.45, 7) is -0.358. The highest BCUT2D eigenvalue weighted by Gasteiger charge is 2.37. The van der Waals surface area contributed by atoms with E-state index in [0.29, 0.717) is 22.4 Å². The summed E-state index contributed by atoms with van der Waals surface area (Å²) in [5.74, 6) is -3.50. The molecule has 6 rings (SSSR count). The van der Waals surface area contributed by atoms with Crippen molar-refractivity contribution in [1.82, 2.24) is 10.9 Å². The van der Waals surface area contributed by atoms with Gasteiger partial charge in [0.2, 0.25) is 0 Å². The van der Waals surface area contributed by atoms with Crippen LogP contribution in [0.2, 0.25) is 0 Å². The zero-order valence-electron chi connectivity index (χ0n) is 25.1. The van der Waals surface area contributed by atoms with Crippen LogP contribution < -0.4 is 20.9 Å². The first-order valence-corrected chi connectivity index (χ1v) is 17.0. The fourth-order valence-corrected chi connectivity index (χ4v) is 6.57. The van der Waals surface area contributed by atoms with Gasteiger partial charge < -0.3 is 14.6 Å². The van der Waals surface area contributed by atoms with Crippen LogP contribution in [0.25, 0.3) is 12.2 Å². The van der Waals surface area contributed by atoms with Crippen LogP contribution in [0.5, 0.6) is 0 Å². The summed E-state index contributed by atoms with van der Waals surface area (Å²) in [7, 11) is 0. The van der Waals surface area contributed by atoms with E-state index in [2.05, 4.69) is 33.4 Å². The third kappa shape index (κ3) is 8.26. The third-order valence-corrected chi connectivity index (χ3v) is 9.80. The molecule has 2 aliphatic rings. The van der Waals surface area contributed by atoms with Gasteiger partial charge in [0.15, 0.2) is 0 Å². The summed E-state index contributed by atoms with van der Waals surface area (Å²) in [5.41, 5.74) is 5.37. The van der Waals surface area contributed by atoms with Crippen molar-refractivity contribution in [3.8, 4) is 0 Å². The summed E-state index contributed by atoms with van der Waals surface area (Å²) in [6.07, 6.45) is 0.639. The maximum atomic E-state index is 12.8. The Balaban J connectivity index is 0.000000194. The molecule has 0 spiro atoms. The van der Waals surface area contributed by atoms with E-state index in [4.69, 9.17) is 14.6 Å². The van der Waals surface area contributed by atoms with Crippen molar-refractivity contribution in [2.75, 3.05) is 15.8 Å². The Morgan fingerprint density at radius 3 is 2.12 bits per heavy atom. The van der Waals surface area contributed by atoms with Crippen LogP contribution in [-0.2, 0) is 36.8 Å². The van der Waals surface area contributed by atoms with E-state index in [9.17, 15) is 37.1 Å². The maximum absolute atomic E-state index is 12.8. The monoisotopic (exact) mass is 838 g/mol. The molecule has 2 saturated heterocycles. The number of nitrogens with one attached hydrogen (secondary N) is 2. The Bertz CT molecular complexity index is 2040. The number of anilines is 2. The normalized spacial score (nSPS) is 16.2. The number of carboxylic acid groups (broad SMARTS) is 1. The van der Waals surface area contributed by atoms with Crippen molar-refractivity contribution in [1.29, 1.82) is 0 Å². The van der Waals surface area contributed by atoms with Gasteiger partial charge in [-0.25, -0.2) is 10.0 Å². The van der Waals surface area contributed by atoms with Gasteiger partial charge in [-0.3, -0.25) is 34.8 Å². The molecule has 12 nitrogen and oxygen atoms in total. The van der Waals surface area contributed by atoms with E-state index < -0.39 is 41.3 Å². The molecule has 2 aromatic carbocycles. The molecular formula is C32H22F3IN4O8S2. The molecule has 4 aromatic rings. The van der Waals surface area contributed by atoms with E-state index in [0.717, 1.165) is 42.7 Å². The van der Waals surface area contributed by atoms with Crippen molar-refractivity contribution in [3.05, 3.63) is 109 Å². The largest absolute Gasteiger partial charge is 0.481 e. The number of aliphatic hydroxyl groups is 1. The average molecular weight is 839 g/mol. The number of thioether (sulfide) groups is 1. The van der Waals surface area contributed by atoms with Crippen LogP contribution in [0.4, 0.5) is 24.5 Å². The standard InChI is InChI=1S/C16H11F3N2O4.C16H11IN2O4S2/c17-16(18,19)11-2-1-3-12(5-11)21-15(24)13(14(23)20-21)4-9-7-25-8-10(9)6-22;17-10-1-3-11(4-2-10)19-15(23)12(14(22)18-19)7-9-5-6-24-16(9)25-8-13(20)21/h1-5,7-8,22H,6H2,(H,20,23);1-7H,8H2,(H,18,22)(H,20,21). The van der Waals surface area contributed by atoms with Crippen LogP contribution in [0, 0.1) is 3.57 Å². The van der Waals surface area contributed by atoms with Crippen LogP contribution in [0.15, 0.2) is 92.3 Å². The molecule has 18 heteroatoms. The average Bonchev–Trinajstić information content (AvgIpc) is 3.85. The molecule has 0 saturated carbocycles. The minimum Gasteiger partial charge on any atom is -0.481 e. The summed E-state index contributed by atoms with van der Waals surface area (Å²) in [5, 5.41) is 21.7. The van der Waals surface area contributed by atoms with Crippen molar-refractivity contribution in [2.24, 2.45) is 0 Å². The Morgan fingerprint density at radius 1 is 0.900 bits per heavy atom. The molecule has 4 N–H and O–H groups in total. The number of carbonyl (C=O) groups excluding carboxylic acids is 4. The van der Waals surface area contributed by atoms with Gasteiger partial charge in [-0.1, -0.05) is 6.07 Å². The van der Waals surface area contributed by atoms with Crippen molar-refractivity contribution in [3.63, 3.8) is 0 Å². The molecule has 258 valence electrons. The Hall–Kier alpha value is -4.92. The third-order valence-electron chi connectivity index (χ3n) is 6.83. The number of carbonyl (C=O) groups is 5. The lowest BCUT2D eigenvalue weighted by atomic mass is 10.1. The van der Waals surface area contributed by atoms with Gasteiger partial charge >= 0.3 is 12.1 Å². The summed E-state index contributed by atoms with van der Waals surface area (Å²) in [6, 6.07) is 13.0. The highest BCUT2D eigenvalue weighted by atomic mass is 127.